The summed E-state index contributed by atoms with van der Waals surface area (Å²) >= 11 is 0. The number of aliphatic hydroxyl groups excluding tert-OH is 1. The lowest BCUT2D eigenvalue weighted by atomic mass is 10.1. The number of benzene rings is 1. The lowest BCUT2D eigenvalue weighted by Crippen LogP contribution is -2.03. The molecule has 0 fully saturated rings. The summed E-state index contributed by atoms with van der Waals surface area (Å²) in [6.45, 7) is 1.75. The topological polar surface area (TPSA) is 66.2 Å². The number of H-pyrrole nitrogens is 1. The van der Waals surface area contributed by atoms with E-state index < -0.39 is 0 Å². The van der Waals surface area contributed by atoms with Crippen molar-refractivity contribution in [2.24, 2.45) is 0 Å². The molecule has 0 spiro atoms. The molecular formula is C12H13NO3. The summed E-state index contributed by atoms with van der Waals surface area (Å²) < 4.78 is 4.98. The molecule has 16 heavy (non-hydrogen) atoms. The van der Waals surface area contributed by atoms with Gasteiger partial charge in [0.1, 0.15) is 0 Å². The van der Waals surface area contributed by atoms with E-state index in [4.69, 9.17) is 4.52 Å². The van der Waals surface area contributed by atoms with Gasteiger partial charge in [-0.3, -0.25) is 4.79 Å². The van der Waals surface area contributed by atoms with Crippen molar-refractivity contribution in [1.29, 1.82) is 0 Å². The zero-order valence-corrected chi connectivity index (χ0v) is 8.93. The van der Waals surface area contributed by atoms with Crippen LogP contribution in [0.2, 0.25) is 0 Å². The van der Waals surface area contributed by atoms with Crippen LogP contribution in [0.3, 0.4) is 0 Å². The van der Waals surface area contributed by atoms with Gasteiger partial charge in [0.25, 0.3) is 5.56 Å². The van der Waals surface area contributed by atoms with Crippen molar-refractivity contribution in [3.63, 3.8) is 0 Å². The van der Waals surface area contributed by atoms with Crippen molar-refractivity contribution < 1.29 is 9.63 Å². The SMILES string of the molecule is CC(O)Cc1ccc(-c2cc(=O)[nH]o2)cc1. The largest absolute Gasteiger partial charge is 0.393 e. The lowest BCUT2D eigenvalue weighted by Gasteiger charge is -2.04. The fourth-order valence-electron chi connectivity index (χ4n) is 1.57. The van der Waals surface area contributed by atoms with Gasteiger partial charge in [0.2, 0.25) is 0 Å². The van der Waals surface area contributed by atoms with Gasteiger partial charge in [-0.05, 0) is 18.9 Å². The number of nitrogens with one attached hydrogen (secondary N) is 1. The molecule has 0 aliphatic carbocycles. The molecule has 1 heterocycles. The summed E-state index contributed by atoms with van der Waals surface area (Å²) in [6.07, 6.45) is 0.271. The molecule has 1 aromatic carbocycles. The monoisotopic (exact) mass is 219 g/mol. The van der Waals surface area contributed by atoms with Crippen LogP contribution in [-0.2, 0) is 6.42 Å². The van der Waals surface area contributed by atoms with Crippen LogP contribution in [0, 0.1) is 0 Å². The summed E-state index contributed by atoms with van der Waals surface area (Å²) in [5.74, 6) is 0.522. The molecule has 1 aromatic heterocycles. The van der Waals surface area contributed by atoms with Crippen LogP contribution in [0.1, 0.15) is 12.5 Å². The standard InChI is InChI=1S/C12H13NO3/c1-8(14)6-9-2-4-10(5-3-9)11-7-12(15)13-16-11/h2-5,7-8,14H,6H2,1H3,(H,13,15). The molecule has 84 valence electrons. The fraction of sp³-hybridized carbons (Fsp3) is 0.250. The molecule has 0 radical (unpaired) electrons. The van der Waals surface area contributed by atoms with Gasteiger partial charge in [0, 0.05) is 5.56 Å². The molecule has 0 amide bonds. The van der Waals surface area contributed by atoms with Crippen LogP contribution in [0.5, 0.6) is 0 Å². The maximum Gasteiger partial charge on any atom is 0.280 e. The molecule has 4 nitrogen and oxygen atoms in total. The van der Waals surface area contributed by atoms with E-state index in [-0.39, 0.29) is 11.7 Å². The Bertz CT molecular complexity index is 508. The first-order valence-corrected chi connectivity index (χ1v) is 5.11. The van der Waals surface area contributed by atoms with Crippen LogP contribution in [0.25, 0.3) is 11.3 Å². The molecule has 0 aliphatic rings. The van der Waals surface area contributed by atoms with Gasteiger partial charge in [0.15, 0.2) is 5.76 Å². The predicted octanol–water partition coefficient (Wildman–Crippen LogP) is 1.56. The van der Waals surface area contributed by atoms with Gasteiger partial charge in [-0.1, -0.05) is 24.3 Å². The summed E-state index contributed by atoms with van der Waals surface area (Å²) in [5.41, 5.74) is 1.65. The number of rotatable bonds is 3. The van der Waals surface area contributed by atoms with Crippen molar-refractivity contribution in [2.45, 2.75) is 19.4 Å². The molecule has 1 unspecified atom stereocenters. The second-order valence-electron chi connectivity index (χ2n) is 3.83. The predicted molar refractivity (Wildman–Crippen MR) is 60.1 cm³/mol. The first-order chi connectivity index (χ1) is 7.65. The Hall–Kier alpha value is -1.81. The van der Waals surface area contributed by atoms with Crippen LogP contribution >= 0.6 is 0 Å². The van der Waals surface area contributed by atoms with Crippen molar-refractivity contribution in [2.75, 3.05) is 0 Å². The van der Waals surface area contributed by atoms with Crippen molar-refractivity contribution in [1.82, 2.24) is 5.16 Å². The molecule has 2 aromatic rings. The number of aromatic amines is 1. The van der Waals surface area contributed by atoms with E-state index in [1.165, 1.54) is 6.07 Å². The maximum absolute atomic E-state index is 10.9. The van der Waals surface area contributed by atoms with Crippen LogP contribution in [0.4, 0.5) is 0 Å². The Labute approximate surface area is 92.5 Å². The quantitative estimate of drug-likeness (QED) is 0.823. The average molecular weight is 219 g/mol. The number of hydrogen-bond acceptors (Lipinski definition) is 3. The third kappa shape index (κ3) is 2.41. The maximum atomic E-state index is 10.9. The molecule has 2 rings (SSSR count). The van der Waals surface area contributed by atoms with Gasteiger partial charge in [-0.15, -0.1) is 0 Å². The molecular weight excluding hydrogens is 206 g/mol. The number of aromatic nitrogens is 1. The minimum absolute atomic E-state index is 0.247. The fourth-order valence-corrected chi connectivity index (χ4v) is 1.57. The highest BCUT2D eigenvalue weighted by Crippen LogP contribution is 2.18. The Balaban J connectivity index is 2.22. The summed E-state index contributed by atoms with van der Waals surface area (Å²) in [7, 11) is 0. The van der Waals surface area contributed by atoms with Gasteiger partial charge in [-0.2, -0.15) is 5.16 Å². The van der Waals surface area contributed by atoms with E-state index >= 15 is 0 Å². The Kier molecular flexibility index (Phi) is 2.92. The van der Waals surface area contributed by atoms with Gasteiger partial charge < -0.3 is 9.63 Å². The number of hydrogen-bond donors (Lipinski definition) is 2. The lowest BCUT2D eigenvalue weighted by molar-refractivity contribution is 0.195. The van der Waals surface area contributed by atoms with E-state index in [9.17, 15) is 9.90 Å². The molecule has 0 bridgehead atoms. The summed E-state index contributed by atoms with van der Waals surface area (Å²) in [4.78, 5) is 10.9. The van der Waals surface area contributed by atoms with E-state index in [0.29, 0.717) is 12.2 Å². The highest BCUT2D eigenvalue weighted by Gasteiger charge is 2.04. The Morgan fingerprint density at radius 1 is 1.38 bits per heavy atom. The zero-order chi connectivity index (χ0) is 11.5. The van der Waals surface area contributed by atoms with Crippen molar-refractivity contribution in [3.8, 4) is 11.3 Å². The van der Waals surface area contributed by atoms with E-state index in [0.717, 1.165) is 11.1 Å². The second-order valence-corrected chi connectivity index (χ2v) is 3.83. The van der Waals surface area contributed by atoms with Crippen molar-refractivity contribution >= 4 is 0 Å². The highest BCUT2D eigenvalue weighted by molar-refractivity contribution is 5.56. The molecule has 2 N–H and O–H groups in total. The molecule has 1 atom stereocenters. The Morgan fingerprint density at radius 2 is 2.06 bits per heavy atom. The minimum Gasteiger partial charge on any atom is -0.393 e. The third-order valence-electron chi connectivity index (χ3n) is 2.29. The first-order valence-electron chi connectivity index (χ1n) is 5.11. The Morgan fingerprint density at radius 3 is 2.56 bits per heavy atom. The van der Waals surface area contributed by atoms with E-state index in [2.05, 4.69) is 5.16 Å². The molecule has 0 aliphatic heterocycles. The molecule has 0 saturated carbocycles. The smallest absolute Gasteiger partial charge is 0.280 e. The highest BCUT2D eigenvalue weighted by atomic mass is 16.5. The molecule has 0 saturated heterocycles. The van der Waals surface area contributed by atoms with Gasteiger partial charge in [-0.25, -0.2) is 0 Å². The first kappa shape index (κ1) is 10.7. The van der Waals surface area contributed by atoms with Crippen LogP contribution in [-0.4, -0.2) is 16.4 Å². The van der Waals surface area contributed by atoms with Crippen molar-refractivity contribution in [3.05, 3.63) is 46.2 Å². The van der Waals surface area contributed by atoms with Gasteiger partial charge >= 0.3 is 0 Å². The van der Waals surface area contributed by atoms with Gasteiger partial charge in [0.05, 0.1) is 12.2 Å². The minimum atomic E-state index is -0.351. The zero-order valence-electron chi connectivity index (χ0n) is 8.93. The molecule has 4 heteroatoms. The van der Waals surface area contributed by atoms with E-state index in [1.54, 1.807) is 6.92 Å². The van der Waals surface area contributed by atoms with Crippen LogP contribution in [0.15, 0.2) is 39.6 Å². The number of aliphatic hydroxyl groups is 1. The van der Waals surface area contributed by atoms with Crippen LogP contribution < -0.4 is 5.56 Å². The average Bonchev–Trinajstić information content (AvgIpc) is 2.65. The second kappa shape index (κ2) is 4.37. The normalized spacial score (nSPS) is 12.6. The van der Waals surface area contributed by atoms with E-state index in [1.807, 2.05) is 24.3 Å². The summed E-state index contributed by atoms with van der Waals surface area (Å²) in [6, 6.07) is 8.96. The summed E-state index contributed by atoms with van der Waals surface area (Å²) in [5, 5.41) is 11.5. The third-order valence-corrected chi connectivity index (χ3v) is 2.29.